The molecule has 7 heteroatoms. The number of para-hydroxylation sites is 1. The highest BCUT2D eigenvalue weighted by atomic mass is 32.2. The van der Waals surface area contributed by atoms with Crippen molar-refractivity contribution in [3.05, 3.63) is 51.9 Å². The van der Waals surface area contributed by atoms with Gasteiger partial charge in [-0.15, -0.1) is 0 Å². The quantitative estimate of drug-likeness (QED) is 0.366. The van der Waals surface area contributed by atoms with Gasteiger partial charge in [-0.2, -0.15) is 0 Å². The van der Waals surface area contributed by atoms with Gasteiger partial charge < -0.3 is 5.32 Å². The van der Waals surface area contributed by atoms with Gasteiger partial charge in [0.25, 0.3) is 11.6 Å². The van der Waals surface area contributed by atoms with Crippen LogP contribution in [-0.4, -0.2) is 15.2 Å². The van der Waals surface area contributed by atoms with Gasteiger partial charge in [-0.05, 0) is 0 Å². The normalized spacial score (nSPS) is 13.8. The topological polar surface area (TPSA) is 72.2 Å². The van der Waals surface area contributed by atoms with Crippen LogP contribution in [0.25, 0.3) is 0 Å². The first kappa shape index (κ1) is 13.3. The summed E-state index contributed by atoms with van der Waals surface area (Å²) in [6.45, 7) is 3.45. The van der Waals surface area contributed by atoms with E-state index in [0.717, 1.165) is 0 Å². The molecule has 5 nitrogen and oxygen atoms in total. The fourth-order valence-corrected chi connectivity index (χ4v) is 1.80. The lowest BCUT2D eigenvalue weighted by atomic mass is 10.3. The Balaban J connectivity index is 0.000000171. The van der Waals surface area contributed by atoms with Crippen molar-refractivity contribution < 1.29 is 9.72 Å². The molecule has 1 N–H and O–H groups in total. The lowest BCUT2D eigenvalue weighted by molar-refractivity contribution is -0.384. The first-order chi connectivity index (χ1) is 8.00. The molecule has 0 atom stereocenters. The molecule has 1 aliphatic rings. The highest BCUT2D eigenvalue weighted by molar-refractivity contribution is 8.26. The molecular weight excluding hydrogens is 260 g/mol. The van der Waals surface area contributed by atoms with Crippen molar-refractivity contribution in [1.82, 2.24) is 5.32 Å². The molecule has 88 valence electrons. The predicted octanol–water partition coefficient (Wildman–Crippen LogP) is 2.24. The minimum Gasteiger partial charge on any atom is -0.307 e. The zero-order valence-electron chi connectivity index (χ0n) is 8.58. The van der Waals surface area contributed by atoms with Crippen molar-refractivity contribution >= 4 is 39.9 Å². The number of carbonyl (C=O) groups excluding carboxylic acids is 1. The van der Waals surface area contributed by atoms with E-state index in [1.54, 1.807) is 18.2 Å². The van der Waals surface area contributed by atoms with Crippen LogP contribution in [0, 0.1) is 10.1 Å². The lowest BCUT2D eigenvalue weighted by Gasteiger charge is -1.85. The number of nitro groups is 1. The maximum atomic E-state index is 10.5. The zero-order valence-corrected chi connectivity index (χ0v) is 10.2. The molecule has 1 aromatic rings. The molecule has 1 saturated heterocycles. The molecule has 2 rings (SSSR count). The van der Waals surface area contributed by atoms with Gasteiger partial charge in [-0.3, -0.25) is 14.9 Å². The van der Waals surface area contributed by atoms with Crippen LogP contribution in [0.2, 0.25) is 0 Å². The molecule has 0 saturated carbocycles. The summed E-state index contributed by atoms with van der Waals surface area (Å²) in [6.07, 6.45) is 0. The van der Waals surface area contributed by atoms with Crippen LogP contribution in [0.1, 0.15) is 0 Å². The van der Waals surface area contributed by atoms with Crippen LogP contribution in [0.5, 0.6) is 0 Å². The molecule has 1 amide bonds. The zero-order chi connectivity index (χ0) is 12.8. The van der Waals surface area contributed by atoms with E-state index in [0.29, 0.717) is 9.23 Å². The molecule has 0 aliphatic carbocycles. The van der Waals surface area contributed by atoms with Gasteiger partial charge in [-0.25, -0.2) is 0 Å². The number of nitro benzene ring substituents is 1. The third kappa shape index (κ3) is 4.33. The molecule has 0 unspecified atom stereocenters. The Hall–Kier alpha value is -1.73. The second kappa shape index (κ2) is 6.12. The van der Waals surface area contributed by atoms with Crippen molar-refractivity contribution in [2.24, 2.45) is 0 Å². The molecule has 0 bridgehead atoms. The van der Waals surface area contributed by atoms with Crippen molar-refractivity contribution in [2.45, 2.75) is 0 Å². The first-order valence-electron chi connectivity index (χ1n) is 4.42. The predicted molar refractivity (Wildman–Crippen MR) is 70.6 cm³/mol. The Bertz CT molecular complexity index is 456. The van der Waals surface area contributed by atoms with Crippen LogP contribution < -0.4 is 5.32 Å². The molecule has 1 aromatic carbocycles. The van der Waals surface area contributed by atoms with Crippen LogP contribution in [0.15, 0.2) is 41.8 Å². The molecule has 17 heavy (non-hydrogen) atoms. The monoisotopic (exact) mass is 268 g/mol. The highest BCUT2D eigenvalue weighted by Crippen LogP contribution is 2.20. The summed E-state index contributed by atoms with van der Waals surface area (Å²) in [5.41, 5.74) is 0.137. The molecule has 1 fully saturated rings. The van der Waals surface area contributed by atoms with Crippen LogP contribution in [0.3, 0.4) is 0 Å². The van der Waals surface area contributed by atoms with Crippen molar-refractivity contribution in [1.29, 1.82) is 0 Å². The standard InChI is InChI=1S/C6H5NO2.C4H3NOS2/c8-7(9)6-4-2-1-3-5-6;1-2-3(6)5-4(7)8-2/h1-5H;1H2,(H,5,6,7). The smallest absolute Gasteiger partial charge is 0.269 e. The van der Waals surface area contributed by atoms with E-state index in [1.807, 2.05) is 0 Å². The minimum atomic E-state index is -0.417. The number of benzene rings is 1. The maximum Gasteiger partial charge on any atom is 0.269 e. The average molecular weight is 268 g/mol. The second-order valence-electron chi connectivity index (χ2n) is 2.86. The van der Waals surface area contributed by atoms with Gasteiger partial charge in [0.05, 0.1) is 9.83 Å². The molecule has 0 aromatic heterocycles. The molecular formula is C10H8N2O3S2. The summed E-state index contributed by atoms with van der Waals surface area (Å²) in [4.78, 5) is 20.5. The minimum absolute atomic E-state index is 0.137. The maximum absolute atomic E-state index is 10.5. The summed E-state index contributed by atoms with van der Waals surface area (Å²) in [7, 11) is 0. The van der Waals surface area contributed by atoms with Gasteiger partial charge in [0.2, 0.25) is 0 Å². The van der Waals surface area contributed by atoms with Gasteiger partial charge in [0, 0.05) is 12.1 Å². The highest BCUT2D eigenvalue weighted by Gasteiger charge is 2.18. The average Bonchev–Trinajstić information content (AvgIpc) is 2.58. The number of hydrogen-bond donors (Lipinski definition) is 1. The Morgan fingerprint density at radius 1 is 1.35 bits per heavy atom. The van der Waals surface area contributed by atoms with E-state index in [1.165, 1.54) is 23.9 Å². The fraction of sp³-hybridized carbons (Fsp3) is 0. The number of non-ortho nitro benzene ring substituents is 1. The Morgan fingerprint density at radius 2 is 1.94 bits per heavy atom. The SMILES string of the molecule is C=C1SC(=S)NC1=O.O=[N+]([O-])c1ccccc1. The van der Waals surface area contributed by atoms with E-state index < -0.39 is 4.92 Å². The summed E-state index contributed by atoms with van der Waals surface area (Å²) in [5, 5.41) is 12.4. The van der Waals surface area contributed by atoms with Crippen molar-refractivity contribution in [3.63, 3.8) is 0 Å². The number of thioether (sulfide) groups is 1. The number of hydrogen-bond acceptors (Lipinski definition) is 5. The van der Waals surface area contributed by atoms with Crippen molar-refractivity contribution in [3.8, 4) is 0 Å². The number of nitrogens with one attached hydrogen (secondary N) is 1. The third-order valence-corrected chi connectivity index (χ3v) is 2.72. The summed E-state index contributed by atoms with van der Waals surface area (Å²) >= 11 is 5.85. The van der Waals surface area contributed by atoms with Gasteiger partial charge >= 0.3 is 0 Å². The van der Waals surface area contributed by atoms with Gasteiger partial charge in [0.15, 0.2) is 0 Å². The fourth-order valence-electron chi connectivity index (χ4n) is 0.896. The molecule has 1 heterocycles. The summed E-state index contributed by atoms with van der Waals surface area (Å²) in [6, 6.07) is 7.93. The largest absolute Gasteiger partial charge is 0.307 e. The first-order valence-corrected chi connectivity index (χ1v) is 5.64. The van der Waals surface area contributed by atoms with Crippen LogP contribution in [-0.2, 0) is 4.79 Å². The number of carbonyl (C=O) groups is 1. The number of rotatable bonds is 1. The summed E-state index contributed by atoms with van der Waals surface area (Å²) < 4.78 is 0.500. The number of amides is 1. The Kier molecular flexibility index (Phi) is 4.80. The van der Waals surface area contributed by atoms with E-state index in [-0.39, 0.29) is 11.6 Å². The number of thiocarbonyl (C=S) groups is 1. The van der Waals surface area contributed by atoms with E-state index in [4.69, 9.17) is 0 Å². The third-order valence-electron chi connectivity index (χ3n) is 1.65. The van der Waals surface area contributed by atoms with Crippen molar-refractivity contribution in [2.75, 3.05) is 0 Å². The molecule has 0 spiro atoms. The van der Waals surface area contributed by atoms with Gasteiger partial charge in [0.1, 0.15) is 4.32 Å². The lowest BCUT2D eigenvalue weighted by Crippen LogP contribution is -2.17. The van der Waals surface area contributed by atoms with E-state index in [2.05, 4.69) is 24.1 Å². The second-order valence-corrected chi connectivity index (χ2v) is 4.63. The van der Waals surface area contributed by atoms with Crippen LogP contribution in [0.4, 0.5) is 5.69 Å². The van der Waals surface area contributed by atoms with E-state index in [9.17, 15) is 14.9 Å². The van der Waals surface area contributed by atoms with Gasteiger partial charge in [-0.1, -0.05) is 48.8 Å². The summed E-state index contributed by atoms with van der Waals surface area (Å²) in [5.74, 6) is -0.167. The van der Waals surface area contributed by atoms with E-state index >= 15 is 0 Å². The Labute approximate surface area is 107 Å². The van der Waals surface area contributed by atoms with Crippen LogP contribution >= 0.6 is 24.0 Å². The molecule has 0 radical (unpaired) electrons. The number of nitrogens with zero attached hydrogens (tertiary/aromatic N) is 1. The molecule has 1 aliphatic heterocycles. The Morgan fingerprint density at radius 3 is 2.18 bits per heavy atom.